The van der Waals surface area contributed by atoms with Gasteiger partial charge in [-0.05, 0) is 78.3 Å². The van der Waals surface area contributed by atoms with Crippen molar-refractivity contribution in [2.24, 2.45) is 0 Å². The first kappa shape index (κ1) is 17.7. The fourth-order valence-electron chi connectivity index (χ4n) is 2.82. The highest BCUT2D eigenvalue weighted by Gasteiger charge is 2.13. The summed E-state index contributed by atoms with van der Waals surface area (Å²) >= 11 is 2.20. The largest absolute Gasteiger partial charge is 0.423 e. The lowest BCUT2D eigenvalue weighted by molar-refractivity contribution is -0.116. The number of fused-ring (bicyclic) bond motifs is 1. The van der Waals surface area contributed by atoms with Crippen LogP contribution in [0.2, 0.25) is 0 Å². The van der Waals surface area contributed by atoms with Crippen LogP contribution in [0.25, 0.3) is 11.0 Å². The van der Waals surface area contributed by atoms with Gasteiger partial charge in [-0.3, -0.25) is 4.79 Å². The third-order valence-electron chi connectivity index (χ3n) is 4.15. The van der Waals surface area contributed by atoms with Crippen LogP contribution in [0.5, 0.6) is 0 Å². The van der Waals surface area contributed by atoms with Crippen molar-refractivity contribution in [2.75, 3.05) is 5.32 Å². The molecule has 0 spiro atoms. The van der Waals surface area contributed by atoms with Gasteiger partial charge in [0.15, 0.2) is 0 Å². The van der Waals surface area contributed by atoms with Crippen LogP contribution in [0.3, 0.4) is 0 Å². The minimum atomic E-state index is -0.363. The maximum atomic E-state index is 12.3. The summed E-state index contributed by atoms with van der Waals surface area (Å²) in [5.41, 5.74) is 3.48. The van der Waals surface area contributed by atoms with E-state index in [9.17, 15) is 9.59 Å². The van der Waals surface area contributed by atoms with Gasteiger partial charge in [-0.25, -0.2) is 4.79 Å². The number of rotatable bonds is 4. The first-order valence-corrected chi connectivity index (χ1v) is 9.10. The molecule has 0 aliphatic heterocycles. The van der Waals surface area contributed by atoms with Gasteiger partial charge in [-0.2, -0.15) is 0 Å². The topological polar surface area (TPSA) is 59.3 Å². The smallest absolute Gasteiger partial charge is 0.339 e. The number of amides is 1. The molecule has 0 unspecified atom stereocenters. The van der Waals surface area contributed by atoms with E-state index in [0.717, 1.165) is 25.8 Å². The Bertz CT molecular complexity index is 1010. The number of benzene rings is 2. The molecule has 0 saturated heterocycles. The van der Waals surface area contributed by atoms with Gasteiger partial charge in [0, 0.05) is 26.6 Å². The molecule has 5 heteroatoms. The maximum Gasteiger partial charge on any atom is 0.339 e. The van der Waals surface area contributed by atoms with E-state index in [1.807, 2.05) is 56.3 Å². The average Bonchev–Trinajstić information content (AvgIpc) is 2.54. The molecule has 1 aromatic heterocycles. The molecule has 1 amide bonds. The molecule has 0 aliphatic carbocycles. The number of hydrogen-bond donors (Lipinski definition) is 1. The van der Waals surface area contributed by atoms with Crippen molar-refractivity contribution in [1.82, 2.24) is 0 Å². The molecule has 128 valence electrons. The normalized spacial score (nSPS) is 10.8. The summed E-state index contributed by atoms with van der Waals surface area (Å²) in [6.45, 7) is 3.86. The Kier molecular flexibility index (Phi) is 5.22. The quantitative estimate of drug-likeness (QED) is 0.471. The van der Waals surface area contributed by atoms with Crippen molar-refractivity contribution in [3.8, 4) is 0 Å². The van der Waals surface area contributed by atoms with Crippen LogP contribution in [0.15, 0.2) is 51.7 Å². The van der Waals surface area contributed by atoms with Crippen LogP contribution < -0.4 is 10.9 Å². The van der Waals surface area contributed by atoms with Gasteiger partial charge in [-0.1, -0.05) is 18.2 Å². The van der Waals surface area contributed by atoms with E-state index >= 15 is 0 Å². The third kappa shape index (κ3) is 4.10. The second kappa shape index (κ2) is 7.39. The summed E-state index contributed by atoms with van der Waals surface area (Å²) in [6, 6.07) is 13.4. The van der Waals surface area contributed by atoms with Crippen molar-refractivity contribution in [2.45, 2.75) is 26.7 Å². The highest BCUT2D eigenvalue weighted by atomic mass is 127. The Morgan fingerprint density at radius 2 is 1.96 bits per heavy atom. The van der Waals surface area contributed by atoms with Gasteiger partial charge in [0.05, 0.1) is 0 Å². The van der Waals surface area contributed by atoms with Crippen molar-refractivity contribution < 1.29 is 9.21 Å². The molecule has 0 radical (unpaired) electrons. The van der Waals surface area contributed by atoms with E-state index in [1.165, 1.54) is 0 Å². The first-order chi connectivity index (χ1) is 11.9. The van der Waals surface area contributed by atoms with Crippen LogP contribution in [-0.4, -0.2) is 5.91 Å². The molecule has 3 rings (SSSR count). The second-order valence-electron chi connectivity index (χ2n) is 6.05. The van der Waals surface area contributed by atoms with Crippen molar-refractivity contribution in [3.05, 3.63) is 73.1 Å². The van der Waals surface area contributed by atoms with Gasteiger partial charge >= 0.3 is 5.63 Å². The molecule has 3 aromatic rings. The van der Waals surface area contributed by atoms with Gasteiger partial charge in [0.1, 0.15) is 5.58 Å². The maximum absolute atomic E-state index is 12.3. The molecule has 4 nitrogen and oxygen atoms in total. The predicted octanol–water partition coefficient (Wildman–Crippen LogP) is 4.59. The van der Waals surface area contributed by atoms with E-state index in [-0.39, 0.29) is 18.0 Å². The summed E-state index contributed by atoms with van der Waals surface area (Å²) in [4.78, 5) is 24.5. The van der Waals surface area contributed by atoms with E-state index in [4.69, 9.17) is 4.42 Å². The molecule has 0 aliphatic rings. The van der Waals surface area contributed by atoms with Crippen LogP contribution >= 0.6 is 22.6 Å². The Balaban J connectivity index is 1.78. The molecule has 0 bridgehead atoms. The summed E-state index contributed by atoms with van der Waals surface area (Å²) < 4.78 is 6.49. The van der Waals surface area contributed by atoms with Gasteiger partial charge in [0.25, 0.3) is 0 Å². The first-order valence-electron chi connectivity index (χ1n) is 8.02. The molecule has 0 saturated carbocycles. The number of anilines is 1. The number of halogens is 1. The SMILES string of the molecule is Cc1ccc2c(C)c(CCC(=O)Nc3cccc(I)c3)c(=O)oc2c1. The van der Waals surface area contributed by atoms with Crippen LogP contribution in [0.1, 0.15) is 23.1 Å². The summed E-state index contributed by atoms with van der Waals surface area (Å²) in [6.07, 6.45) is 0.585. The fourth-order valence-corrected chi connectivity index (χ4v) is 3.36. The summed E-state index contributed by atoms with van der Waals surface area (Å²) in [5.74, 6) is -0.121. The molecular weight excluding hydrogens is 429 g/mol. The third-order valence-corrected chi connectivity index (χ3v) is 4.82. The Hall–Kier alpha value is -2.15. The monoisotopic (exact) mass is 447 g/mol. The van der Waals surface area contributed by atoms with Crippen molar-refractivity contribution >= 4 is 45.2 Å². The van der Waals surface area contributed by atoms with E-state index in [2.05, 4.69) is 27.9 Å². The predicted molar refractivity (Wildman–Crippen MR) is 108 cm³/mol. The highest BCUT2D eigenvalue weighted by Crippen LogP contribution is 2.21. The van der Waals surface area contributed by atoms with E-state index in [0.29, 0.717) is 17.6 Å². The van der Waals surface area contributed by atoms with E-state index in [1.54, 1.807) is 0 Å². The van der Waals surface area contributed by atoms with Gasteiger partial charge in [0.2, 0.25) is 5.91 Å². The zero-order valence-corrected chi connectivity index (χ0v) is 16.2. The standard InChI is InChI=1S/C20H18INO3/c1-12-6-7-16-13(2)17(20(24)25-18(16)10-12)8-9-19(23)22-15-5-3-4-14(21)11-15/h3-7,10-11H,8-9H2,1-2H3,(H,22,23). The molecule has 0 atom stereocenters. The van der Waals surface area contributed by atoms with Gasteiger partial charge < -0.3 is 9.73 Å². The molecule has 1 N–H and O–H groups in total. The van der Waals surface area contributed by atoms with Crippen molar-refractivity contribution in [1.29, 1.82) is 0 Å². The molecule has 1 heterocycles. The number of hydrogen-bond acceptors (Lipinski definition) is 3. The molecule has 2 aromatic carbocycles. The molecular formula is C20H18INO3. The van der Waals surface area contributed by atoms with Crippen LogP contribution in [0.4, 0.5) is 5.69 Å². The zero-order chi connectivity index (χ0) is 18.0. The number of carbonyl (C=O) groups excluding carboxylic acids is 1. The summed E-state index contributed by atoms with van der Waals surface area (Å²) in [7, 11) is 0. The number of aryl methyl sites for hydroxylation is 2. The zero-order valence-electron chi connectivity index (χ0n) is 14.1. The number of carbonyl (C=O) groups is 1. The van der Waals surface area contributed by atoms with E-state index < -0.39 is 0 Å². The lowest BCUT2D eigenvalue weighted by Crippen LogP contribution is -2.16. The molecule has 25 heavy (non-hydrogen) atoms. The number of nitrogens with one attached hydrogen (secondary N) is 1. The fraction of sp³-hybridized carbons (Fsp3) is 0.200. The minimum absolute atomic E-state index is 0.121. The second-order valence-corrected chi connectivity index (χ2v) is 7.30. The summed E-state index contributed by atoms with van der Waals surface area (Å²) in [5, 5.41) is 3.78. The Morgan fingerprint density at radius 3 is 2.72 bits per heavy atom. The lowest BCUT2D eigenvalue weighted by Gasteiger charge is -2.09. The lowest BCUT2D eigenvalue weighted by atomic mass is 10.0. The van der Waals surface area contributed by atoms with Crippen LogP contribution in [0, 0.1) is 17.4 Å². The Morgan fingerprint density at radius 1 is 1.16 bits per heavy atom. The van der Waals surface area contributed by atoms with Crippen molar-refractivity contribution in [3.63, 3.8) is 0 Å². The molecule has 0 fully saturated rings. The Labute approximate surface area is 159 Å². The highest BCUT2D eigenvalue weighted by molar-refractivity contribution is 14.1. The van der Waals surface area contributed by atoms with Crippen LogP contribution in [-0.2, 0) is 11.2 Å². The minimum Gasteiger partial charge on any atom is -0.423 e. The van der Waals surface area contributed by atoms with Gasteiger partial charge in [-0.15, -0.1) is 0 Å². The average molecular weight is 447 g/mol.